The second-order valence-corrected chi connectivity index (χ2v) is 6.51. The molecule has 1 fully saturated rings. The van der Waals surface area contributed by atoms with Crippen LogP contribution in [0.5, 0.6) is 0 Å². The number of aromatic amines is 1. The molecule has 1 saturated heterocycles. The number of pyridine rings is 1. The third-order valence-electron chi connectivity index (χ3n) is 4.89. The molecule has 2 aromatic heterocycles. The van der Waals surface area contributed by atoms with Crippen molar-refractivity contribution in [1.29, 1.82) is 0 Å². The van der Waals surface area contributed by atoms with Crippen molar-refractivity contribution in [3.05, 3.63) is 66.1 Å². The molecule has 0 bridgehead atoms. The van der Waals surface area contributed by atoms with Crippen molar-refractivity contribution in [1.82, 2.24) is 19.8 Å². The van der Waals surface area contributed by atoms with Crippen LogP contribution in [0.2, 0.25) is 0 Å². The summed E-state index contributed by atoms with van der Waals surface area (Å²) >= 11 is 0. The largest absolute Gasteiger partial charge is 0.351 e. The number of nitrogens with zero attached hydrogens (tertiary/aromatic N) is 3. The Hall–Kier alpha value is -2.66. The van der Waals surface area contributed by atoms with Crippen molar-refractivity contribution in [3.63, 3.8) is 0 Å². The molecule has 5 heteroatoms. The lowest BCUT2D eigenvalue weighted by molar-refractivity contribution is 0.0633. The first kappa shape index (κ1) is 15.8. The molecule has 3 aromatic rings. The van der Waals surface area contributed by atoms with E-state index in [2.05, 4.69) is 27.0 Å². The molecule has 128 valence electrons. The minimum absolute atomic E-state index is 0.102. The fourth-order valence-electron chi connectivity index (χ4n) is 3.37. The van der Waals surface area contributed by atoms with Crippen LogP contribution < -0.4 is 0 Å². The third kappa shape index (κ3) is 3.56. The summed E-state index contributed by atoms with van der Waals surface area (Å²) < 4.78 is 0. The van der Waals surface area contributed by atoms with E-state index >= 15 is 0 Å². The summed E-state index contributed by atoms with van der Waals surface area (Å²) in [4.78, 5) is 24.4. The molecule has 1 aliphatic heterocycles. The van der Waals surface area contributed by atoms with Crippen molar-refractivity contribution in [2.75, 3.05) is 32.7 Å². The first-order valence-electron chi connectivity index (χ1n) is 8.78. The third-order valence-corrected chi connectivity index (χ3v) is 4.89. The van der Waals surface area contributed by atoms with Crippen LogP contribution in [0.3, 0.4) is 0 Å². The summed E-state index contributed by atoms with van der Waals surface area (Å²) in [5.41, 5.74) is 3.01. The molecule has 0 unspecified atom stereocenters. The first-order chi connectivity index (χ1) is 12.3. The lowest BCUT2D eigenvalue weighted by Gasteiger charge is -2.34. The molecule has 0 atom stereocenters. The van der Waals surface area contributed by atoms with E-state index in [0.717, 1.165) is 50.0 Å². The quantitative estimate of drug-likeness (QED) is 0.798. The van der Waals surface area contributed by atoms with Gasteiger partial charge in [-0.05, 0) is 36.2 Å². The van der Waals surface area contributed by atoms with Crippen LogP contribution in [-0.2, 0) is 6.42 Å². The van der Waals surface area contributed by atoms with Gasteiger partial charge in [0.15, 0.2) is 0 Å². The molecule has 0 saturated carbocycles. The highest BCUT2D eigenvalue weighted by Crippen LogP contribution is 2.17. The van der Waals surface area contributed by atoms with E-state index in [9.17, 15) is 4.79 Å². The number of benzene rings is 1. The molecule has 3 heterocycles. The van der Waals surface area contributed by atoms with E-state index < -0.39 is 0 Å². The fourth-order valence-corrected chi connectivity index (χ4v) is 3.37. The molecule has 0 radical (unpaired) electrons. The summed E-state index contributed by atoms with van der Waals surface area (Å²) in [6.45, 7) is 4.45. The minimum atomic E-state index is 0.102. The molecule has 1 N–H and O–H groups in total. The van der Waals surface area contributed by atoms with Gasteiger partial charge >= 0.3 is 0 Å². The number of nitrogens with one attached hydrogen (secondary N) is 1. The molecular weight excluding hydrogens is 312 g/mol. The molecule has 4 rings (SSSR count). The molecule has 5 nitrogen and oxygen atoms in total. The Bertz CT molecular complexity index is 817. The fraction of sp³-hybridized carbons (Fsp3) is 0.300. The molecule has 25 heavy (non-hydrogen) atoms. The number of H-pyrrole nitrogens is 1. The summed E-state index contributed by atoms with van der Waals surface area (Å²) in [5, 5.41) is 1.09. The Labute approximate surface area is 147 Å². The average molecular weight is 334 g/mol. The SMILES string of the molecule is O=C(c1cc2ccccc2[nH]1)N1CCN(CCc2ccncc2)CC1. The zero-order valence-corrected chi connectivity index (χ0v) is 14.2. The number of aromatic nitrogens is 2. The van der Waals surface area contributed by atoms with Gasteiger partial charge in [-0.3, -0.25) is 14.7 Å². The normalized spacial score (nSPS) is 15.6. The van der Waals surface area contributed by atoms with E-state index in [1.807, 2.05) is 47.6 Å². The van der Waals surface area contributed by atoms with Gasteiger partial charge in [0.25, 0.3) is 5.91 Å². The molecule has 0 spiro atoms. The second kappa shape index (κ2) is 7.07. The number of fused-ring (bicyclic) bond motifs is 1. The average Bonchev–Trinajstić information content (AvgIpc) is 3.11. The molecular formula is C20H22N4O. The zero-order valence-electron chi connectivity index (χ0n) is 14.2. The Balaban J connectivity index is 1.32. The number of carbonyl (C=O) groups excluding carboxylic acids is 1. The molecule has 1 amide bonds. The van der Waals surface area contributed by atoms with Crippen LogP contribution >= 0.6 is 0 Å². The molecule has 0 aliphatic carbocycles. The topological polar surface area (TPSA) is 52.2 Å². The van der Waals surface area contributed by atoms with Gasteiger partial charge in [0, 0.05) is 56.0 Å². The highest BCUT2D eigenvalue weighted by molar-refractivity contribution is 5.98. The monoisotopic (exact) mass is 334 g/mol. The number of amides is 1. The van der Waals surface area contributed by atoms with Crippen LogP contribution in [-0.4, -0.2) is 58.4 Å². The lowest BCUT2D eigenvalue weighted by atomic mass is 10.2. The molecule has 1 aromatic carbocycles. The second-order valence-electron chi connectivity index (χ2n) is 6.51. The number of carbonyl (C=O) groups is 1. The highest BCUT2D eigenvalue weighted by atomic mass is 16.2. The van der Waals surface area contributed by atoms with E-state index in [1.165, 1.54) is 5.56 Å². The van der Waals surface area contributed by atoms with E-state index in [0.29, 0.717) is 5.69 Å². The number of rotatable bonds is 4. The number of hydrogen-bond acceptors (Lipinski definition) is 3. The van der Waals surface area contributed by atoms with Crippen molar-refractivity contribution < 1.29 is 4.79 Å². The van der Waals surface area contributed by atoms with Crippen LogP contribution in [0, 0.1) is 0 Å². The summed E-state index contributed by atoms with van der Waals surface area (Å²) in [5.74, 6) is 0.102. The Morgan fingerprint density at radius 1 is 1.04 bits per heavy atom. The van der Waals surface area contributed by atoms with Gasteiger partial charge in [-0.15, -0.1) is 0 Å². The summed E-state index contributed by atoms with van der Waals surface area (Å²) in [6, 6.07) is 14.1. The van der Waals surface area contributed by atoms with E-state index in [-0.39, 0.29) is 5.91 Å². The maximum Gasteiger partial charge on any atom is 0.270 e. The predicted octanol–water partition coefficient (Wildman–Crippen LogP) is 2.56. The standard InChI is InChI=1S/C20H22N4O/c25-20(19-15-17-3-1-2-4-18(17)22-19)24-13-11-23(12-14-24)10-7-16-5-8-21-9-6-16/h1-6,8-9,15,22H,7,10-14H2. The van der Waals surface area contributed by atoms with Crippen molar-refractivity contribution >= 4 is 16.8 Å². The lowest BCUT2D eigenvalue weighted by Crippen LogP contribution is -2.49. The number of para-hydroxylation sites is 1. The van der Waals surface area contributed by atoms with Gasteiger partial charge in [-0.1, -0.05) is 18.2 Å². The van der Waals surface area contributed by atoms with Crippen LogP contribution in [0.1, 0.15) is 16.1 Å². The summed E-state index contributed by atoms with van der Waals surface area (Å²) in [6.07, 6.45) is 4.71. The predicted molar refractivity (Wildman–Crippen MR) is 98.6 cm³/mol. The number of hydrogen-bond donors (Lipinski definition) is 1. The maximum absolute atomic E-state index is 12.7. The summed E-state index contributed by atoms with van der Waals surface area (Å²) in [7, 11) is 0. The van der Waals surface area contributed by atoms with Crippen LogP contribution in [0.25, 0.3) is 10.9 Å². The van der Waals surface area contributed by atoms with Crippen molar-refractivity contribution in [3.8, 4) is 0 Å². The van der Waals surface area contributed by atoms with Crippen LogP contribution in [0.4, 0.5) is 0 Å². The van der Waals surface area contributed by atoms with Gasteiger partial charge in [0.2, 0.25) is 0 Å². The molecule has 1 aliphatic rings. The van der Waals surface area contributed by atoms with Gasteiger partial charge < -0.3 is 9.88 Å². The van der Waals surface area contributed by atoms with Gasteiger partial charge in [-0.25, -0.2) is 0 Å². The van der Waals surface area contributed by atoms with E-state index in [1.54, 1.807) is 0 Å². The van der Waals surface area contributed by atoms with Gasteiger partial charge in [-0.2, -0.15) is 0 Å². The highest BCUT2D eigenvalue weighted by Gasteiger charge is 2.23. The minimum Gasteiger partial charge on any atom is -0.351 e. The Morgan fingerprint density at radius 3 is 2.56 bits per heavy atom. The smallest absolute Gasteiger partial charge is 0.270 e. The Kier molecular flexibility index (Phi) is 4.48. The first-order valence-corrected chi connectivity index (χ1v) is 8.78. The maximum atomic E-state index is 12.7. The number of piperazine rings is 1. The van der Waals surface area contributed by atoms with E-state index in [4.69, 9.17) is 0 Å². The Morgan fingerprint density at radius 2 is 1.80 bits per heavy atom. The zero-order chi connectivity index (χ0) is 17.1. The van der Waals surface area contributed by atoms with Crippen molar-refractivity contribution in [2.45, 2.75) is 6.42 Å². The van der Waals surface area contributed by atoms with Gasteiger partial charge in [0.1, 0.15) is 5.69 Å². The van der Waals surface area contributed by atoms with Crippen molar-refractivity contribution in [2.24, 2.45) is 0 Å². The van der Waals surface area contributed by atoms with Crippen LogP contribution in [0.15, 0.2) is 54.9 Å². The van der Waals surface area contributed by atoms with Gasteiger partial charge in [0.05, 0.1) is 0 Å².